The van der Waals surface area contributed by atoms with Crippen LogP contribution in [0.4, 0.5) is 0 Å². The lowest BCUT2D eigenvalue weighted by atomic mass is 10.0. The van der Waals surface area contributed by atoms with Crippen LogP contribution in [0.25, 0.3) is 11.3 Å². The van der Waals surface area contributed by atoms with Gasteiger partial charge in [0, 0.05) is 37.3 Å². The van der Waals surface area contributed by atoms with E-state index in [9.17, 15) is 9.90 Å². The van der Waals surface area contributed by atoms with Crippen molar-refractivity contribution in [3.63, 3.8) is 0 Å². The number of phenols is 1. The van der Waals surface area contributed by atoms with Crippen LogP contribution >= 0.6 is 0 Å². The van der Waals surface area contributed by atoms with Crippen molar-refractivity contribution in [3.8, 4) is 17.0 Å². The number of likely N-dealkylation sites (tertiary alicyclic amines) is 1. The maximum absolute atomic E-state index is 11.8. The smallest absolute Gasteiger partial charge is 0.222 e. The molecule has 1 fully saturated rings. The van der Waals surface area contributed by atoms with Crippen LogP contribution < -0.4 is 0 Å². The summed E-state index contributed by atoms with van der Waals surface area (Å²) in [4.78, 5) is 20.6. The number of benzene rings is 1. The van der Waals surface area contributed by atoms with E-state index in [-0.39, 0.29) is 5.91 Å². The van der Waals surface area contributed by atoms with Gasteiger partial charge in [0.2, 0.25) is 5.91 Å². The number of carbonyl (C=O) groups is 1. The summed E-state index contributed by atoms with van der Waals surface area (Å²) in [6.07, 6.45) is 6.51. The highest BCUT2D eigenvalue weighted by atomic mass is 16.3. The molecule has 0 saturated carbocycles. The normalized spacial score (nSPS) is 15.6. The molecule has 2 aromatic rings. The molecule has 26 heavy (non-hydrogen) atoms. The zero-order chi connectivity index (χ0) is 18.7. The summed E-state index contributed by atoms with van der Waals surface area (Å²) < 4.78 is 2.08. The zero-order valence-corrected chi connectivity index (χ0v) is 15.9. The number of piperidine rings is 1. The Morgan fingerprint density at radius 1 is 1.35 bits per heavy atom. The number of hydrogen-bond donors (Lipinski definition) is 1. The van der Waals surface area contributed by atoms with Crippen molar-refractivity contribution in [1.29, 1.82) is 0 Å². The van der Waals surface area contributed by atoms with E-state index in [1.807, 2.05) is 43.4 Å². The highest BCUT2D eigenvalue weighted by Crippen LogP contribution is 2.24. The maximum Gasteiger partial charge on any atom is 0.222 e. The third kappa shape index (κ3) is 4.07. The molecule has 6 nitrogen and oxygen atoms in total. The maximum atomic E-state index is 11.8. The van der Waals surface area contributed by atoms with Gasteiger partial charge in [0.05, 0.1) is 18.7 Å². The number of carbonyl (C=O) groups excluding carboxylic acids is 1. The van der Waals surface area contributed by atoms with Gasteiger partial charge < -0.3 is 14.6 Å². The molecule has 3 rings (SSSR count). The van der Waals surface area contributed by atoms with Gasteiger partial charge in [-0.3, -0.25) is 9.69 Å². The first-order chi connectivity index (χ1) is 12.5. The minimum Gasteiger partial charge on any atom is -0.508 e. The first kappa shape index (κ1) is 18.5. The average molecular weight is 356 g/mol. The summed E-state index contributed by atoms with van der Waals surface area (Å²) in [5.74, 6) is 0.565. The molecule has 1 aromatic carbocycles. The monoisotopic (exact) mass is 356 g/mol. The Morgan fingerprint density at radius 3 is 2.73 bits per heavy atom. The molecule has 0 spiro atoms. The number of aryl methyl sites for hydroxylation is 1. The average Bonchev–Trinajstić information content (AvgIpc) is 3.12. The van der Waals surface area contributed by atoms with Crippen LogP contribution in [0.15, 0.2) is 30.7 Å². The summed E-state index contributed by atoms with van der Waals surface area (Å²) in [6.45, 7) is 6.29. The lowest BCUT2D eigenvalue weighted by Crippen LogP contribution is -2.45. The van der Waals surface area contributed by atoms with E-state index < -0.39 is 0 Å². The van der Waals surface area contributed by atoms with Crippen molar-refractivity contribution < 1.29 is 9.90 Å². The Labute approximate surface area is 155 Å². The van der Waals surface area contributed by atoms with E-state index in [1.54, 1.807) is 6.07 Å². The molecule has 1 N–H and O–H groups in total. The topological polar surface area (TPSA) is 61.6 Å². The number of hydrogen-bond acceptors (Lipinski definition) is 4. The highest BCUT2D eigenvalue weighted by molar-refractivity contribution is 5.75. The van der Waals surface area contributed by atoms with Gasteiger partial charge in [-0.1, -0.05) is 6.92 Å². The quantitative estimate of drug-likeness (QED) is 0.895. The largest absolute Gasteiger partial charge is 0.508 e. The predicted octanol–water partition coefficient (Wildman–Crippen LogP) is 2.85. The number of rotatable bonds is 5. The Morgan fingerprint density at radius 2 is 2.08 bits per heavy atom. The number of aromatic hydroxyl groups is 1. The summed E-state index contributed by atoms with van der Waals surface area (Å²) >= 11 is 0. The lowest BCUT2D eigenvalue weighted by Gasteiger charge is -2.36. The van der Waals surface area contributed by atoms with Gasteiger partial charge in [0.15, 0.2) is 0 Å². The van der Waals surface area contributed by atoms with E-state index in [0.29, 0.717) is 18.2 Å². The van der Waals surface area contributed by atoms with E-state index in [4.69, 9.17) is 0 Å². The van der Waals surface area contributed by atoms with Gasteiger partial charge in [-0.2, -0.15) is 0 Å². The number of phenolic OH excluding ortho intramolecular Hbond substituents is 1. The third-order valence-electron chi connectivity index (χ3n) is 5.26. The zero-order valence-electron chi connectivity index (χ0n) is 15.9. The molecular weight excluding hydrogens is 328 g/mol. The molecule has 1 saturated heterocycles. The summed E-state index contributed by atoms with van der Waals surface area (Å²) in [6, 6.07) is 6.03. The van der Waals surface area contributed by atoms with Gasteiger partial charge in [0.25, 0.3) is 0 Å². The van der Waals surface area contributed by atoms with Crippen LogP contribution in [0, 0.1) is 6.92 Å². The van der Waals surface area contributed by atoms with Gasteiger partial charge >= 0.3 is 0 Å². The summed E-state index contributed by atoms with van der Waals surface area (Å²) in [5.41, 5.74) is 2.76. The molecule has 140 valence electrons. The standard InChI is InChI=1S/C20H28N4O2/c1-4-20(26)24-9-7-17(8-10-24)22(3)14-23-12-18(21-13-23)16-5-6-19(25)15(2)11-16/h5-6,11-13,17,25H,4,7-10,14H2,1-3H3. The molecule has 6 heteroatoms. The van der Waals surface area contributed by atoms with E-state index in [1.165, 1.54) is 0 Å². The number of aromatic nitrogens is 2. The molecule has 0 unspecified atom stereocenters. The first-order valence-electron chi connectivity index (χ1n) is 9.27. The van der Waals surface area contributed by atoms with Gasteiger partial charge in [0.1, 0.15) is 5.75 Å². The SMILES string of the molecule is CCC(=O)N1CCC(N(C)Cn2cnc(-c3ccc(O)c(C)c3)c2)CC1. The second-order valence-corrected chi connectivity index (χ2v) is 7.14. The Kier molecular flexibility index (Phi) is 5.61. The fourth-order valence-corrected chi connectivity index (χ4v) is 3.55. The van der Waals surface area contributed by atoms with Crippen LogP contribution in [0.3, 0.4) is 0 Å². The molecule has 0 aliphatic carbocycles. The number of imidazole rings is 1. The lowest BCUT2D eigenvalue weighted by molar-refractivity contribution is -0.132. The van der Waals surface area contributed by atoms with Crippen molar-refractivity contribution >= 4 is 5.91 Å². The predicted molar refractivity (Wildman–Crippen MR) is 102 cm³/mol. The molecule has 1 aliphatic heterocycles. The van der Waals surface area contributed by atoms with Crippen molar-refractivity contribution in [3.05, 3.63) is 36.3 Å². The van der Waals surface area contributed by atoms with E-state index in [0.717, 1.165) is 49.4 Å². The fourth-order valence-electron chi connectivity index (χ4n) is 3.55. The number of nitrogens with zero attached hydrogens (tertiary/aromatic N) is 4. The van der Waals surface area contributed by atoms with E-state index >= 15 is 0 Å². The van der Waals surface area contributed by atoms with Gasteiger partial charge in [-0.05, 0) is 50.6 Å². The second-order valence-electron chi connectivity index (χ2n) is 7.14. The Balaban J connectivity index is 1.59. The molecular formula is C20H28N4O2. The van der Waals surface area contributed by atoms with E-state index in [2.05, 4.69) is 21.5 Å². The van der Waals surface area contributed by atoms with Crippen LogP contribution in [0.1, 0.15) is 31.7 Å². The molecule has 0 bridgehead atoms. The molecule has 0 atom stereocenters. The molecule has 1 amide bonds. The van der Waals surface area contributed by atoms with Crippen LogP contribution in [-0.2, 0) is 11.5 Å². The second kappa shape index (κ2) is 7.91. The van der Waals surface area contributed by atoms with Crippen molar-refractivity contribution in [2.75, 3.05) is 20.1 Å². The van der Waals surface area contributed by atoms with Crippen LogP contribution in [0.2, 0.25) is 0 Å². The number of amides is 1. The van der Waals surface area contributed by atoms with Crippen molar-refractivity contribution in [2.45, 2.75) is 45.8 Å². The minimum atomic E-state index is 0.259. The fraction of sp³-hybridized carbons (Fsp3) is 0.500. The van der Waals surface area contributed by atoms with Gasteiger partial charge in [-0.25, -0.2) is 4.98 Å². The third-order valence-corrected chi connectivity index (χ3v) is 5.26. The summed E-state index contributed by atoms with van der Waals surface area (Å²) in [7, 11) is 2.13. The Bertz CT molecular complexity index is 763. The summed E-state index contributed by atoms with van der Waals surface area (Å²) in [5, 5.41) is 9.67. The molecule has 1 aromatic heterocycles. The Hall–Kier alpha value is -2.34. The minimum absolute atomic E-state index is 0.259. The van der Waals surface area contributed by atoms with Crippen LogP contribution in [0.5, 0.6) is 5.75 Å². The van der Waals surface area contributed by atoms with Crippen molar-refractivity contribution in [2.24, 2.45) is 0 Å². The van der Waals surface area contributed by atoms with Crippen molar-refractivity contribution in [1.82, 2.24) is 19.4 Å². The highest BCUT2D eigenvalue weighted by Gasteiger charge is 2.24. The van der Waals surface area contributed by atoms with Gasteiger partial charge in [-0.15, -0.1) is 0 Å². The van der Waals surface area contributed by atoms with Crippen LogP contribution in [-0.4, -0.2) is 56.5 Å². The molecule has 1 aliphatic rings. The molecule has 0 radical (unpaired) electrons. The first-order valence-corrected chi connectivity index (χ1v) is 9.27. The molecule has 2 heterocycles.